The van der Waals surface area contributed by atoms with Crippen LogP contribution < -0.4 is 4.74 Å². The minimum atomic E-state index is -0.474. The normalized spacial score (nSPS) is 14.7. The number of esters is 1. The quantitative estimate of drug-likeness (QED) is 0.166. The van der Waals surface area contributed by atoms with E-state index in [0.29, 0.717) is 47.0 Å². The number of halogens is 3. The summed E-state index contributed by atoms with van der Waals surface area (Å²) in [5.41, 5.74) is 3.72. The second-order valence-electron chi connectivity index (χ2n) is 10.3. The van der Waals surface area contributed by atoms with Gasteiger partial charge in [0.05, 0.1) is 42.0 Å². The molecule has 2 aromatic heterocycles. The fraction of sp³-hybridized carbons (Fsp3) is 0.242. The molecule has 0 amide bonds. The molecule has 1 saturated heterocycles. The van der Waals surface area contributed by atoms with E-state index in [1.807, 2.05) is 6.07 Å². The third-order valence-corrected chi connectivity index (χ3v) is 7.68. The summed E-state index contributed by atoms with van der Waals surface area (Å²) in [5.74, 6) is -0.363. The third kappa shape index (κ3) is 6.38. The number of nitrogens with zero attached hydrogens (tertiary/aromatic N) is 3. The van der Waals surface area contributed by atoms with Gasteiger partial charge in [0.15, 0.2) is 0 Å². The predicted octanol–water partition coefficient (Wildman–Crippen LogP) is 7.17. The topological polar surface area (TPSA) is 75.5 Å². The summed E-state index contributed by atoms with van der Waals surface area (Å²) in [5, 5.41) is 0.299. The molecule has 0 aliphatic carbocycles. The Kier molecular flexibility index (Phi) is 8.35. The van der Waals surface area contributed by atoms with Gasteiger partial charge in [-0.2, -0.15) is 0 Å². The monoisotopic (exact) mass is 603 g/mol. The molecule has 0 spiro atoms. The van der Waals surface area contributed by atoms with Crippen molar-refractivity contribution in [1.29, 1.82) is 0 Å². The number of hydrogen-bond donors (Lipinski definition) is 0. The van der Waals surface area contributed by atoms with Gasteiger partial charge < -0.3 is 18.8 Å². The molecule has 1 atom stereocenters. The number of carbonyl (C=O) groups excluding carboxylic acids is 1. The van der Waals surface area contributed by atoms with Crippen LogP contribution in [0.25, 0.3) is 22.3 Å². The molecule has 1 unspecified atom stereocenters. The highest BCUT2D eigenvalue weighted by molar-refractivity contribution is 6.30. The van der Waals surface area contributed by atoms with Gasteiger partial charge >= 0.3 is 5.97 Å². The minimum Gasteiger partial charge on any atom is -0.473 e. The van der Waals surface area contributed by atoms with Crippen molar-refractivity contribution in [2.75, 3.05) is 13.7 Å². The number of benzene rings is 3. The van der Waals surface area contributed by atoms with Gasteiger partial charge in [-0.05, 0) is 66.9 Å². The summed E-state index contributed by atoms with van der Waals surface area (Å²) in [6.45, 7) is 1.24. The number of imidazole rings is 1. The summed E-state index contributed by atoms with van der Waals surface area (Å²) in [4.78, 5) is 21.4. The Labute approximate surface area is 252 Å². The van der Waals surface area contributed by atoms with E-state index >= 15 is 4.39 Å². The summed E-state index contributed by atoms with van der Waals surface area (Å²) >= 11 is 5.82. The molecular weight excluding hydrogens is 576 g/mol. The lowest BCUT2D eigenvalue weighted by molar-refractivity contribution is 0.0601. The van der Waals surface area contributed by atoms with Crippen LogP contribution in [-0.4, -0.2) is 40.3 Å². The number of rotatable bonds is 9. The zero-order valence-corrected chi connectivity index (χ0v) is 24.1. The molecule has 7 nitrogen and oxygen atoms in total. The first-order valence-electron chi connectivity index (χ1n) is 13.9. The number of ether oxygens (including phenoxy) is 3. The Morgan fingerprint density at radius 2 is 1.93 bits per heavy atom. The van der Waals surface area contributed by atoms with E-state index in [0.717, 1.165) is 35.3 Å². The molecule has 1 aliphatic heterocycles. The molecule has 43 heavy (non-hydrogen) atoms. The number of pyridine rings is 1. The molecule has 220 valence electrons. The number of carbonyl (C=O) groups is 1. The highest BCUT2D eigenvalue weighted by Gasteiger charge is 2.21. The van der Waals surface area contributed by atoms with Gasteiger partial charge in [-0.15, -0.1) is 0 Å². The average Bonchev–Trinajstić information content (AvgIpc) is 3.64. The standard InChI is InChI=1S/C33H28ClF2N3O4/c1-41-33(40)21-9-12-29-30(16-21)39(18-24-4-3-13-42-24)31(37-29)15-20-7-11-25(27(36)14-20)28-5-2-6-32(38-28)43-19-22-8-10-23(34)17-26(22)35/h2,5-12,14,16-17,24H,3-4,13,15,18-19H2,1H3. The van der Waals surface area contributed by atoms with Crippen LogP contribution in [0.1, 0.15) is 40.2 Å². The Morgan fingerprint density at radius 3 is 2.70 bits per heavy atom. The van der Waals surface area contributed by atoms with Crippen molar-refractivity contribution in [2.24, 2.45) is 0 Å². The molecule has 0 N–H and O–H groups in total. The zero-order chi connectivity index (χ0) is 29.9. The molecule has 6 rings (SSSR count). The average molecular weight is 604 g/mol. The SMILES string of the molecule is COC(=O)c1ccc2nc(Cc3ccc(-c4cccc(OCc5ccc(Cl)cc5F)n4)c(F)c3)n(CC3CCCO3)c2c1. The molecule has 0 radical (unpaired) electrons. The van der Waals surface area contributed by atoms with Crippen molar-refractivity contribution >= 4 is 28.6 Å². The van der Waals surface area contributed by atoms with Gasteiger partial charge in [-0.3, -0.25) is 0 Å². The van der Waals surface area contributed by atoms with E-state index in [9.17, 15) is 9.18 Å². The fourth-order valence-corrected chi connectivity index (χ4v) is 5.40. The maximum absolute atomic E-state index is 15.5. The highest BCUT2D eigenvalue weighted by atomic mass is 35.5. The van der Waals surface area contributed by atoms with E-state index in [4.69, 9.17) is 30.8 Å². The van der Waals surface area contributed by atoms with Crippen LogP contribution in [0.4, 0.5) is 8.78 Å². The van der Waals surface area contributed by atoms with Gasteiger partial charge in [0, 0.05) is 35.2 Å². The maximum atomic E-state index is 15.5. The van der Waals surface area contributed by atoms with E-state index in [2.05, 4.69) is 9.55 Å². The lowest BCUT2D eigenvalue weighted by Gasteiger charge is -2.15. The predicted molar refractivity (Wildman–Crippen MR) is 158 cm³/mol. The highest BCUT2D eigenvalue weighted by Crippen LogP contribution is 2.28. The number of aromatic nitrogens is 3. The Hall–Kier alpha value is -4.34. The molecule has 5 aromatic rings. The number of methoxy groups -OCH3 is 1. The first-order valence-corrected chi connectivity index (χ1v) is 14.3. The minimum absolute atomic E-state index is 0.0359. The maximum Gasteiger partial charge on any atom is 0.337 e. The van der Waals surface area contributed by atoms with E-state index in [1.165, 1.54) is 19.2 Å². The largest absolute Gasteiger partial charge is 0.473 e. The first kappa shape index (κ1) is 28.8. The van der Waals surface area contributed by atoms with Gasteiger partial charge in [-0.1, -0.05) is 29.8 Å². The second-order valence-corrected chi connectivity index (χ2v) is 10.8. The van der Waals surface area contributed by atoms with E-state index in [1.54, 1.807) is 54.6 Å². The van der Waals surface area contributed by atoms with Crippen LogP contribution >= 0.6 is 11.6 Å². The lowest BCUT2D eigenvalue weighted by atomic mass is 10.1. The molecule has 0 bridgehead atoms. The van der Waals surface area contributed by atoms with Crippen LogP contribution in [0.5, 0.6) is 5.88 Å². The summed E-state index contributed by atoms with van der Waals surface area (Å²) in [7, 11) is 1.35. The first-order chi connectivity index (χ1) is 20.9. The smallest absolute Gasteiger partial charge is 0.337 e. The summed E-state index contributed by atoms with van der Waals surface area (Å²) < 4.78 is 48.1. The van der Waals surface area contributed by atoms with Gasteiger partial charge in [-0.25, -0.2) is 23.5 Å². The Bertz CT molecular complexity index is 1800. The number of fused-ring (bicyclic) bond motifs is 1. The summed E-state index contributed by atoms with van der Waals surface area (Å²) in [6, 6.07) is 19.6. The number of hydrogen-bond acceptors (Lipinski definition) is 6. The Balaban J connectivity index is 1.24. The van der Waals surface area contributed by atoms with Crippen LogP contribution in [0, 0.1) is 11.6 Å². The molecule has 1 fully saturated rings. The van der Waals surface area contributed by atoms with Crippen molar-refractivity contribution in [3.63, 3.8) is 0 Å². The molecule has 3 aromatic carbocycles. The van der Waals surface area contributed by atoms with Crippen molar-refractivity contribution in [1.82, 2.24) is 14.5 Å². The fourth-order valence-electron chi connectivity index (χ4n) is 5.24. The summed E-state index contributed by atoms with van der Waals surface area (Å²) in [6.07, 6.45) is 2.33. The molecule has 0 saturated carbocycles. The Morgan fingerprint density at radius 1 is 1.05 bits per heavy atom. The van der Waals surface area contributed by atoms with Crippen molar-refractivity contribution in [2.45, 2.75) is 38.5 Å². The van der Waals surface area contributed by atoms with Crippen LogP contribution in [0.3, 0.4) is 0 Å². The van der Waals surface area contributed by atoms with Crippen molar-refractivity contribution < 1.29 is 27.8 Å². The zero-order valence-electron chi connectivity index (χ0n) is 23.4. The van der Waals surface area contributed by atoms with E-state index in [-0.39, 0.29) is 18.6 Å². The van der Waals surface area contributed by atoms with Crippen LogP contribution in [-0.2, 0) is 29.0 Å². The molecular formula is C33H28ClF2N3O4. The van der Waals surface area contributed by atoms with Crippen molar-refractivity contribution in [3.8, 4) is 17.1 Å². The molecule has 1 aliphatic rings. The molecule has 10 heteroatoms. The lowest BCUT2D eigenvalue weighted by Crippen LogP contribution is -2.17. The van der Waals surface area contributed by atoms with Gasteiger partial charge in [0.2, 0.25) is 5.88 Å². The van der Waals surface area contributed by atoms with E-state index < -0.39 is 17.6 Å². The van der Waals surface area contributed by atoms with Gasteiger partial charge in [0.1, 0.15) is 24.1 Å². The second kappa shape index (κ2) is 12.5. The van der Waals surface area contributed by atoms with Crippen molar-refractivity contribution in [3.05, 3.63) is 112 Å². The van der Waals surface area contributed by atoms with Crippen LogP contribution in [0.2, 0.25) is 5.02 Å². The van der Waals surface area contributed by atoms with Gasteiger partial charge in [0.25, 0.3) is 0 Å². The third-order valence-electron chi connectivity index (χ3n) is 7.44. The molecule has 3 heterocycles. The van der Waals surface area contributed by atoms with Crippen LogP contribution in [0.15, 0.2) is 72.8 Å².